The molecular formula is C15H20N2O6. The fourth-order valence-corrected chi connectivity index (χ4v) is 1.78. The number of hydrogen-bond donors (Lipinski definition) is 2. The van der Waals surface area contributed by atoms with Crippen LogP contribution in [0.3, 0.4) is 0 Å². The zero-order valence-electron chi connectivity index (χ0n) is 12.9. The maximum absolute atomic E-state index is 11.6. The first-order valence-corrected chi connectivity index (χ1v) is 7.13. The minimum atomic E-state index is -0.815. The van der Waals surface area contributed by atoms with E-state index in [1.807, 2.05) is 0 Å². The molecule has 1 rings (SSSR count). The number of nitrogens with one attached hydrogen (secondary N) is 1. The lowest BCUT2D eigenvalue weighted by Gasteiger charge is -2.04. The van der Waals surface area contributed by atoms with Crippen molar-refractivity contribution in [1.29, 1.82) is 0 Å². The summed E-state index contributed by atoms with van der Waals surface area (Å²) in [4.78, 5) is 25.7. The number of unbranched alkanes of at least 4 members (excludes halogenated alkanes) is 2. The van der Waals surface area contributed by atoms with E-state index in [9.17, 15) is 20.0 Å². The Morgan fingerprint density at radius 3 is 2.87 bits per heavy atom. The Bertz CT molecular complexity index is 559. The predicted octanol–water partition coefficient (Wildman–Crippen LogP) is 1.91. The van der Waals surface area contributed by atoms with Crippen LogP contribution in [0.4, 0.5) is 0 Å². The number of hydrogen-bond acceptors (Lipinski definition) is 6. The molecule has 0 radical (unpaired) electrons. The number of ether oxygens (including phenoxy) is 1. The Morgan fingerprint density at radius 1 is 1.39 bits per heavy atom. The summed E-state index contributed by atoms with van der Waals surface area (Å²) in [7, 11) is 1.45. The van der Waals surface area contributed by atoms with Gasteiger partial charge in [-0.2, -0.15) is 0 Å². The highest BCUT2D eigenvalue weighted by Gasteiger charge is 2.01. The largest absolute Gasteiger partial charge is 0.504 e. The molecule has 0 bridgehead atoms. The van der Waals surface area contributed by atoms with Crippen molar-refractivity contribution in [3.63, 3.8) is 0 Å². The monoisotopic (exact) mass is 324 g/mol. The topological polar surface area (TPSA) is 111 Å². The van der Waals surface area contributed by atoms with Gasteiger partial charge < -0.3 is 20.0 Å². The van der Waals surface area contributed by atoms with E-state index in [4.69, 9.17) is 4.74 Å². The van der Waals surface area contributed by atoms with Crippen LogP contribution < -0.4 is 10.1 Å². The van der Waals surface area contributed by atoms with Gasteiger partial charge in [0.1, 0.15) is 0 Å². The molecule has 1 aromatic rings. The minimum absolute atomic E-state index is 0.0372. The van der Waals surface area contributed by atoms with Crippen molar-refractivity contribution >= 4 is 12.0 Å². The SMILES string of the molecule is COc1cc(/C=C/C(=O)NCCCCCO[N+](=O)[O-])ccc1O. The third-order valence-corrected chi connectivity index (χ3v) is 2.95. The number of phenols is 1. The zero-order chi connectivity index (χ0) is 17.1. The fourth-order valence-electron chi connectivity index (χ4n) is 1.78. The molecule has 0 aliphatic heterocycles. The van der Waals surface area contributed by atoms with E-state index in [2.05, 4.69) is 10.2 Å². The average Bonchev–Trinajstić information content (AvgIpc) is 2.52. The molecule has 0 atom stereocenters. The van der Waals surface area contributed by atoms with Gasteiger partial charge in [-0.1, -0.05) is 6.07 Å². The van der Waals surface area contributed by atoms with Crippen LogP contribution in [0.5, 0.6) is 11.5 Å². The number of aromatic hydroxyl groups is 1. The van der Waals surface area contributed by atoms with Crippen LogP contribution >= 0.6 is 0 Å². The van der Waals surface area contributed by atoms with Crippen LogP contribution in [-0.2, 0) is 9.63 Å². The summed E-state index contributed by atoms with van der Waals surface area (Å²) in [5.41, 5.74) is 0.728. The number of carbonyl (C=O) groups is 1. The van der Waals surface area contributed by atoms with E-state index >= 15 is 0 Å². The lowest BCUT2D eigenvalue weighted by atomic mass is 10.2. The van der Waals surface area contributed by atoms with Crippen LogP contribution in [0.2, 0.25) is 0 Å². The Balaban J connectivity index is 2.24. The van der Waals surface area contributed by atoms with E-state index in [0.717, 1.165) is 12.0 Å². The summed E-state index contributed by atoms with van der Waals surface area (Å²) in [6.07, 6.45) is 5.02. The van der Waals surface area contributed by atoms with E-state index in [1.54, 1.807) is 18.2 Å². The number of carbonyl (C=O) groups excluding carboxylic acids is 1. The molecular weight excluding hydrogens is 304 g/mol. The highest BCUT2D eigenvalue weighted by molar-refractivity contribution is 5.91. The number of phenolic OH excluding ortho intramolecular Hbond substituents is 1. The number of rotatable bonds is 10. The van der Waals surface area contributed by atoms with Gasteiger partial charge in [0.2, 0.25) is 5.91 Å². The van der Waals surface area contributed by atoms with Gasteiger partial charge in [-0.3, -0.25) is 4.79 Å². The summed E-state index contributed by atoms with van der Waals surface area (Å²) in [6, 6.07) is 4.77. The first kappa shape index (κ1) is 18.3. The first-order chi connectivity index (χ1) is 11.0. The molecule has 1 aromatic carbocycles. The molecule has 8 heteroatoms. The summed E-state index contributed by atoms with van der Waals surface area (Å²) in [5, 5.41) is 21.3. The third kappa shape index (κ3) is 7.70. The molecule has 0 unspecified atom stereocenters. The summed E-state index contributed by atoms with van der Waals surface area (Å²) >= 11 is 0. The summed E-state index contributed by atoms with van der Waals surface area (Å²) in [6.45, 7) is 0.560. The normalized spacial score (nSPS) is 10.5. The maximum atomic E-state index is 11.6. The molecule has 126 valence electrons. The molecule has 2 N–H and O–H groups in total. The Kier molecular flexibility index (Phi) is 7.98. The molecule has 23 heavy (non-hydrogen) atoms. The van der Waals surface area contributed by atoms with Gasteiger partial charge in [-0.25, -0.2) is 0 Å². The minimum Gasteiger partial charge on any atom is -0.504 e. The van der Waals surface area contributed by atoms with E-state index in [1.165, 1.54) is 19.3 Å². The van der Waals surface area contributed by atoms with Crippen molar-refractivity contribution in [1.82, 2.24) is 5.32 Å². The highest BCUT2D eigenvalue weighted by Crippen LogP contribution is 2.26. The molecule has 0 aromatic heterocycles. The maximum Gasteiger partial charge on any atom is 0.294 e. The van der Waals surface area contributed by atoms with Gasteiger partial charge in [0.25, 0.3) is 5.09 Å². The molecule has 1 amide bonds. The Hall–Kier alpha value is -2.77. The molecule has 8 nitrogen and oxygen atoms in total. The molecule has 0 spiro atoms. The molecule has 0 aliphatic carbocycles. The van der Waals surface area contributed by atoms with Gasteiger partial charge in [0, 0.05) is 12.6 Å². The highest BCUT2D eigenvalue weighted by atomic mass is 16.9. The van der Waals surface area contributed by atoms with Crippen molar-refractivity contribution < 1.29 is 24.6 Å². The lowest BCUT2D eigenvalue weighted by Crippen LogP contribution is -2.22. The van der Waals surface area contributed by atoms with Crippen LogP contribution in [0.15, 0.2) is 24.3 Å². The molecule has 0 saturated heterocycles. The second-order valence-electron chi connectivity index (χ2n) is 4.67. The van der Waals surface area contributed by atoms with Crippen molar-refractivity contribution in [3.8, 4) is 11.5 Å². The van der Waals surface area contributed by atoms with Gasteiger partial charge in [-0.15, -0.1) is 10.1 Å². The Labute approximate surface area is 133 Å². The predicted molar refractivity (Wildman–Crippen MR) is 83.5 cm³/mol. The number of amides is 1. The summed E-state index contributed by atoms with van der Waals surface area (Å²) in [5.74, 6) is 0.137. The quantitative estimate of drug-likeness (QED) is 0.294. The van der Waals surface area contributed by atoms with Crippen molar-refractivity contribution in [2.75, 3.05) is 20.3 Å². The third-order valence-electron chi connectivity index (χ3n) is 2.95. The van der Waals surface area contributed by atoms with Crippen molar-refractivity contribution in [2.24, 2.45) is 0 Å². The zero-order valence-corrected chi connectivity index (χ0v) is 12.9. The number of nitrogens with zero attached hydrogens (tertiary/aromatic N) is 1. The van der Waals surface area contributed by atoms with Crippen LogP contribution in [0.1, 0.15) is 24.8 Å². The number of methoxy groups -OCH3 is 1. The van der Waals surface area contributed by atoms with Crippen LogP contribution in [0, 0.1) is 10.1 Å². The second-order valence-corrected chi connectivity index (χ2v) is 4.67. The van der Waals surface area contributed by atoms with E-state index in [0.29, 0.717) is 25.1 Å². The van der Waals surface area contributed by atoms with Gasteiger partial charge in [0.15, 0.2) is 11.5 Å². The van der Waals surface area contributed by atoms with E-state index < -0.39 is 5.09 Å². The second kappa shape index (κ2) is 10.0. The van der Waals surface area contributed by atoms with Crippen molar-refractivity contribution in [3.05, 3.63) is 40.0 Å². The number of benzene rings is 1. The fraction of sp³-hybridized carbons (Fsp3) is 0.400. The summed E-state index contributed by atoms with van der Waals surface area (Å²) < 4.78 is 4.98. The molecule has 0 heterocycles. The molecule has 0 saturated carbocycles. The molecule has 0 fully saturated rings. The van der Waals surface area contributed by atoms with Gasteiger partial charge in [-0.05, 0) is 43.0 Å². The van der Waals surface area contributed by atoms with Gasteiger partial charge in [0.05, 0.1) is 13.7 Å². The van der Waals surface area contributed by atoms with E-state index in [-0.39, 0.29) is 18.3 Å². The first-order valence-electron chi connectivity index (χ1n) is 7.13. The van der Waals surface area contributed by atoms with Crippen molar-refractivity contribution in [2.45, 2.75) is 19.3 Å². The standard InChI is InChI=1S/C15H20N2O6/c1-22-14-11-12(5-7-13(14)18)6-8-15(19)16-9-3-2-4-10-23-17(20)21/h5-8,11,18H,2-4,9-10H2,1H3,(H,16,19)/b8-6+. The van der Waals surface area contributed by atoms with Gasteiger partial charge >= 0.3 is 0 Å². The smallest absolute Gasteiger partial charge is 0.294 e. The van der Waals surface area contributed by atoms with Crippen LogP contribution in [-0.4, -0.2) is 36.4 Å². The lowest BCUT2D eigenvalue weighted by molar-refractivity contribution is -0.757. The Morgan fingerprint density at radius 2 is 2.17 bits per heavy atom. The van der Waals surface area contributed by atoms with Crippen LogP contribution in [0.25, 0.3) is 6.08 Å². The molecule has 0 aliphatic rings. The average molecular weight is 324 g/mol.